The first-order valence-corrected chi connectivity index (χ1v) is 8.16. The van der Waals surface area contributed by atoms with E-state index in [0.29, 0.717) is 25.4 Å². The number of hydrogen-bond acceptors (Lipinski definition) is 5. The molecule has 2 aliphatic heterocycles. The number of carbonyl (C=O) groups excluding carboxylic acids is 1. The molecule has 0 unspecified atom stereocenters. The van der Waals surface area contributed by atoms with Crippen molar-refractivity contribution in [3.63, 3.8) is 0 Å². The van der Waals surface area contributed by atoms with Crippen molar-refractivity contribution >= 4 is 16.1 Å². The maximum Gasteiger partial charge on any atom is 0.304 e. The van der Waals surface area contributed by atoms with Gasteiger partial charge in [-0.05, 0) is 23.8 Å². The van der Waals surface area contributed by atoms with Gasteiger partial charge in [0, 0.05) is 25.1 Å². The lowest BCUT2D eigenvalue weighted by atomic mass is 10.1. The minimum Gasteiger partial charge on any atom is -0.493 e. The van der Waals surface area contributed by atoms with Gasteiger partial charge in [0.25, 0.3) is 5.91 Å². The van der Waals surface area contributed by atoms with Gasteiger partial charge in [0.1, 0.15) is 5.75 Å². The SMILES string of the molecule is O=C(NS(=O)(=O)N1CCOCC1)c1ccc2c(c1)CCO2. The molecule has 1 aromatic rings. The van der Waals surface area contributed by atoms with E-state index in [1.807, 2.05) is 0 Å². The molecule has 114 valence electrons. The summed E-state index contributed by atoms with van der Waals surface area (Å²) < 4.78 is 38.0. The molecule has 0 atom stereocenters. The van der Waals surface area contributed by atoms with E-state index in [0.717, 1.165) is 17.7 Å². The highest BCUT2D eigenvalue weighted by Gasteiger charge is 2.27. The fourth-order valence-corrected chi connectivity index (χ4v) is 3.47. The van der Waals surface area contributed by atoms with Crippen LogP contribution in [0.5, 0.6) is 5.75 Å². The summed E-state index contributed by atoms with van der Waals surface area (Å²) in [4.78, 5) is 12.1. The summed E-state index contributed by atoms with van der Waals surface area (Å²) in [6.45, 7) is 1.77. The normalized spacial score (nSPS) is 18.9. The molecule has 0 aliphatic carbocycles. The van der Waals surface area contributed by atoms with Gasteiger partial charge >= 0.3 is 10.2 Å². The first-order valence-electron chi connectivity index (χ1n) is 6.72. The molecule has 1 fully saturated rings. The van der Waals surface area contributed by atoms with Gasteiger partial charge in [0.2, 0.25) is 0 Å². The maximum atomic E-state index is 12.1. The Kier molecular flexibility index (Phi) is 3.83. The summed E-state index contributed by atoms with van der Waals surface area (Å²) in [5.74, 6) is 0.124. The Morgan fingerprint density at radius 1 is 1.19 bits per heavy atom. The topological polar surface area (TPSA) is 84.9 Å². The van der Waals surface area contributed by atoms with E-state index in [2.05, 4.69) is 4.72 Å². The zero-order valence-corrected chi connectivity index (χ0v) is 12.2. The maximum absolute atomic E-state index is 12.1. The van der Waals surface area contributed by atoms with Crippen LogP contribution in [0.4, 0.5) is 0 Å². The van der Waals surface area contributed by atoms with Crippen LogP contribution < -0.4 is 9.46 Å². The Morgan fingerprint density at radius 3 is 2.71 bits per heavy atom. The van der Waals surface area contributed by atoms with E-state index in [4.69, 9.17) is 9.47 Å². The van der Waals surface area contributed by atoms with Gasteiger partial charge in [-0.1, -0.05) is 0 Å². The molecule has 0 radical (unpaired) electrons. The molecule has 3 rings (SSSR count). The lowest BCUT2D eigenvalue weighted by Crippen LogP contribution is -2.48. The first kappa shape index (κ1) is 14.3. The predicted octanol–water partition coefficient (Wildman–Crippen LogP) is -0.0717. The number of benzene rings is 1. The highest BCUT2D eigenvalue weighted by molar-refractivity contribution is 7.87. The minimum absolute atomic E-state index is 0.251. The van der Waals surface area contributed by atoms with Gasteiger partial charge in [-0.3, -0.25) is 4.79 Å². The number of nitrogens with one attached hydrogen (secondary N) is 1. The predicted molar refractivity (Wildman–Crippen MR) is 74.4 cm³/mol. The van der Waals surface area contributed by atoms with Crippen LogP contribution in [0.25, 0.3) is 0 Å². The molecule has 1 N–H and O–H groups in total. The van der Waals surface area contributed by atoms with E-state index in [9.17, 15) is 13.2 Å². The molecule has 2 heterocycles. The van der Waals surface area contributed by atoms with Gasteiger partial charge < -0.3 is 9.47 Å². The van der Waals surface area contributed by atoms with Crippen molar-refractivity contribution in [3.8, 4) is 5.75 Å². The molecule has 1 saturated heterocycles. The van der Waals surface area contributed by atoms with Crippen molar-refractivity contribution in [1.29, 1.82) is 0 Å². The highest BCUT2D eigenvalue weighted by Crippen LogP contribution is 2.25. The zero-order chi connectivity index (χ0) is 14.9. The summed E-state index contributed by atoms with van der Waals surface area (Å²) in [6, 6.07) is 4.93. The van der Waals surface area contributed by atoms with Crippen LogP contribution in [-0.2, 0) is 21.4 Å². The van der Waals surface area contributed by atoms with Crippen molar-refractivity contribution < 1.29 is 22.7 Å². The second-order valence-corrected chi connectivity index (χ2v) is 6.54. The number of ether oxygens (including phenoxy) is 2. The molecule has 0 saturated carbocycles. The molecule has 0 aromatic heterocycles. The quantitative estimate of drug-likeness (QED) is 0.844. The fourth-order valence-electron chi connectivity index (χ4n) is 2.36. The molecule has 21 heavy (non-hydrogen) atoms. The molecule has 7 nitrogen and oxygen atoms in total. The Hall–Kier alpha value is -1.64. The second-order valence-electron chi connectivity index (χ2n) is 4.87. The van der Waals surface area contributed by atoms with Crippen LogP contribution in [0.2, 0.25) is 0 Å². The largest absolute Gasteiger partial charge is 0.493 e. The number of morpholine rings is 1. The van der Waals surface area contributed by atoms with Crippen LogP contribution in [0.15, 0.2) is 18.2 Å². The Morgan fingerprint density at radius 2 is 1.95 bits per heavy atom. The Bertz CT molecular complexity index is 653. The second kappa shape index (κ2) is 5.63. The van der Waals surface area contributed by atoms with E-state index < -0.39 is 16.1 Å². The van der Waals surface area contributed by atoms with Crippen molar-refractivity contribution in [3.05, 3.63) is 29.3 Å². The van der Waals surface area contributed by atoms with Crippen LogP contribution in [0.3, 0.4) is 0 Å². The average Bonchev–Trinajstić information content (AvgIpc) is 2.95. The monoisotopic (exact) mass is 312 g/mol. The summed E-state index contributed by atoms with van der Waals surface area (Å²) >= 11 is 0. The van der Waals surface area contributed by atoms with Crippen molar-refractivity contribution in [2.24, 2.45) is 0 Å². The van der Waals surface area contributed by atoms with Crippen molar-refractivity contribution in [2.75, 3.05) is 32.9 Å². The van der Waals surface area contributed by atoms with Crippen LogP contribution in [0, 0.1) is 0 Å². The number of fused-ring (bicyclic) bond motifs is 1. The van der Waals surface area contributed by atoms with Gasteiger partial charge in [-0.2, -0.15) is 12.7 Å². The lowest BCUT2D eigenvalue weighted by molar-refractivity contribution is 0.0719. The number of rotatable bonds is 3. The molecule has 0 bridgehead atoms. The summed E-state index contributed by atoms with van der Waals surface area (Å²) in [5.41, 5.74) is 1.24. The Balaban J connectivity index is 1.73. The first-order chi connectivity index (χ1) is 10.1. The van der Waals surface area contributed by atoms with Crippen molar-refractivity contribution in [2.45, 2.75) is 6.42 Å². The molecular weight excluding hydrogens is 296 g/mol. The number of carbonyl (C=O) groups is 1. The summed E-state index contributed by atoms with van der Waals surface area (Å²) in [7, 11) is -3.82. The van der Waals surface area contributed by atoms with E-state index >= 15 is 0 Å². The fraction of sp³-hybridized carbons (Fsp3) is 0.462. The minimum atomic E-state index is -3.82. The molecule has 0 spiro atoms. The number of amides is 1. The molecule has 2 aliphatic rings. The summed E-state index contributed by atoms with van der Waals surface area (Å²) in [5, 5.41) is 0. The highest BCUT2D eigenvalue weighted by atomic mass is 32.2. The van der Waals surface area contributed by atoms with Gasteiger partial charge in [-0.15, -0.1) is 0 Å². The molecule has 1 amide bonds. The standard InChI is InChI=1S/C13H16N2O5S/c16-13(11-1-2-12-10(9-11)3-6-20-12)14-21(17,18)15-4-7-19-8-5-15/h1-2,9H,3-8H2,(H,14,16). The van der Waals surface area contributed by atoms with Gasteiger partial charge in [0.05, 0.1) is 19.8 Å². The van der Waals surface area contributed by atoms with Crippen molar-refractivity contribution in [1.82, 2.24) is 9.03 Å². The van der Waals surface area contributed by atoms with Crippen LogP contribution in [0.1, 0.15) is 15.9 Å². The van der Waals surface area contributed by atoms with E-state index in [1.54, 1.807) is 18.2 Å². The van der Waals surface area contributed by atoms with Crippen LogP contribution >= 0.6 is 0 Å². The lowest BCUT2D eigenvalue weighted by Gasteiger charge is -2.25. The van der Waals surface area contributed by atoms with E-state index in [1.165, 1.54) is 4.31 Å². The smallest absolute Gasteiger partial charge is 0.304 e. The number of hydrogen-bond donors (Lipinski definition) is 1. The van der Waals surface area contributed by atoms with Crippen LogP contribution in [-0.4, -0.2) is 51.5 Å². The van der Waals surface area contributed by atoms with E-state index in [-0.39, 0.29) is 13.1 Å². The van der Waals surface area contributed by atoms with Gasteiger partial charge in [-0.25, -0.2) is 4.72 Å². The number of nitrogens with zero attached hydrogens (tertiary/aromatic N) is 1. The summed E-state index contributed by atoms with van der Waals surface area (Å²) in [6.07, 6.45) is 0.729. The third-order valence-corrected chi connectivity index (χ3v) is 4.97. The molecular formula is C13H16N2O5S. The Labute approximate surface area is 123 Å². The average molecular weight is 312 g/mol. The van der Waals surface area contributed by atoms with Gasteiger partial charge in [0.15, 0.2) is 0 Å². The zero-order valence-electron chi connectivity index (χ0n) is 11.4. The molecule has 1 aromatic carbocycles. The molecule has 8 heteroatoms. The third kappa shape index (κ3) is 3.02. The third-order valence-electron chi connectivity index (χ3n) is 3.48.